The van der Waals surface area contributed by atoms with E-state index in [0.29, 0.717) is 0 Å². The Balaban J connectivity index is 2.22. The summed E-state index contributed by atoms with van der Waals surface area (Å²) in [6, 6.07) is 8.81. The van der Waals surface area contributed by atoms with Gasteiger partial charge in [-0.05, 0) is 63.8 Å². The molecule has 24 heavy (non-hydrogen) atoms. The molecule has 3 aromatic rings. The quantitative estimate of drug-likeness (QED) is 0.706. The van der Waals surface area contributed by atoms with Crippen molar-refractivity contribution in [3.8, 4) is 11.4 Å². The van der Waals surface area contributed by atoms with E-state index in [1.165, 1.54) is 44.8 Å². The minimum atomic E-state index is 0.722. The molecule has 0 saturated heterocycles. The first-order valence-corrected chi connectivity index (χ1v) is 8.34. The Kier molecular flexibility index (Phi) is 3.96. The Morgan fingerprint density at radius 2 is 1.21 bits per heavy atom. The average Bonchev–Trinajstić information content (AvgIpc) is 2.79. The summed E-state index contributed by atoms with van der Waals surface area (Å²) < 4.78 is 4.17. The number of hydrogen-bond donors (Lipinski definition) is 1. The van der Waals surface area contributed by atoms with Crippen LogP contribution < -0.4 is 10.3 Å². The third kappa shape index (κ3) is 2.60. The minimum absolute atomic E-state index is 0.722. The van der Waals surface area contributed by atoms with Gasteiger partial charge in [0.25, 0.3) is 0 Å². The standard InChI is InChI=1S/C21H25N3/c1-13-9-15(3)19(16(4)10-13)23-7-8-24(21(23)22)20-17(5)11-14(2)12-18(20)6/h7-12,22H,1-6H3/p+1. The second-order valence-corrected chi connectivity index (χ2v) is 6.89. The van der Waals surface area contributed by atoms with Crippen LogP contribution in [0.4, 0.5) is 5.95 Å². The number of rotatable bonds is 2. The van der Waals surface area contributed by atoms with Crippen molar-refractivity contribution in [2.75, 3.05) is 5.73 Å². The average molecular weight is 320 g/mol. The molecule has 0 atom stereocenters. The van der Waals surface area contributed by atoms with Gasteiger partial charge in [-0.15, -0.1) is 0 Å². The van der Waals surface area contributed by atoms with Gasteiger partial charge in [0.15, 0.2) is 0 Å². The normalized spacial score (nSPS) is 11.1. The maximum atomic E-state index is 6.54. The van der Waals surface area contributed by atoms with E-state index in [2.05, 4.69) is 87.3 Å². The van der Waals surface area contributed by atoms with Gasteiger partial charge in [-0.1, -0.05) is 35.4 Å². The van der Waals surface area contributed by atoms with Crippen LogP contribution in [0.1, 0.15) is 33.4 Å². The number of aromatic nitrogens is 2. The Hall–Kier alpha value is -2.55. The summed E-state index contributed by atoms with van der Waals surface area (Å²) in [5.41, 5.74) is 16.4. The summed E-state index contributed by atoms with van der Waals surface area (Å²) in [7, 11) is 0. The third-order valence-corrected chi connectivity index (χ3v) is 4.61. The first-order valence-electron chi connectivity index (χ1n) is 8.34. The molecular formula is C21H26N3+. The molecule has 0 fully saturated rings. The van der Waals surface area contributed by atoms with Crippen LogP contribution in [0.3, 0.4) is 0 Å². The fourth-order valence-corrected chi connectivity index (χ4v) is 3.89. The summed E-state index contributed by atoms with van der Waals surface area (Å²) in [5, 5.41) is 0. The largest absolute Gasteiger partial charge is 0.365 e. The number of aryl methyl sites for hydroxylation is 6. The number of anilines is 1. The molecule has 0 unspecified atom stereocenters. The molecule has 3 heteroatoms. The Morgan fingerprint density at radius 3 is 1.71 bits per heavy atom. The Morgan fingerprint density at radius 1 is 0.750 bits per heavy atom. The van der Waals surface area contributed by atoms with Crippen LogP contribution in [0.2, 0.25) is 0 Å². The Bertz CT molecular complexity index is 811. The van der Waals surface area contributed by atoms with Crippen LogP contribution in [0, 0.1) is 41.5 Å². The van der Waals surface area contributed by atoms with Gasteiger partial charge in [-0.25, -0.2) is 9.13 Å². The van der Waals surface area contributed by atoms with Gasteiger partial charge in [-0.2, -0.15) is 0 Å². The summed E-state index contributed by atoms with van der Waals surface area (Å²) in [4.78, 5) is 0. The fourth-order valence-electron chi connectivity index (χ4n) is 3.89. The molecule has 0 aliphatic carbocycles. The molecule has 0 radical (unpaired) electrons. The third-order valence-electron chi connectivity index (χ3n) is 4.61. The van der Waals surface area contributed by atoms with Crippen molar-refractivity contribution >= 4 is 5.95 Å². The van der Waals surface area contributed by atoms with E-state index >= 15 is 0 Å². The van der Waals surface area contributed by atoms with Crippen molar-refractivity contribution in [2.24, 2.45) is 0 Å². The van der Waals surface area contributed by atoms with Gasteiger partial charge < -0.3 is 0 Å². The lowest BCUT2D eigenvalue weighted by Crippen LogP contribution is -2.35. The molecule has 3 nitrogen and oxygen atoms in total. The SMILES string of the molecule is Cc1cc(C)c(-n2cc[n+](-c3c(C)cc(C)cc3C)c2N)c(C)c1. The molecule has 3 rings (SSSR count). The van der Waals surface area contributed by atoms with Crippen molar-refractivity contribution in [3.63, 3.8) is 0 Å². The van der Waals surface area contributed by atoms with E-state index in [4.69, 9.17) is 5.73 Å². The highest BCUT2D eigenvalue weighted by Gasteiger charge is 2.21. The van der Waals surface area contributed by atoms with Gasteiger partial charge in [0.1, 0.15) is 23.8 Å². The highest BCUT2D eigenvalue weighted by atomic mass is 15.2. The first-order chi connectivity index (χ1) is 11.3. The van der Waals surface area contributed by atoms with Gasteiger partial charge in [0.05, 0.1) is 0 Å². The van der Waals surface area contributed by atoms with Gasteiger partial charge in [-0.3, -0.25) is 5.73 Å². The minimum Gasteiger partial charge on any atom is -0.289 e. The molecule has 0 spiro atoms. The molecule has 0 saturated carbocycles. The summed E-state index contributed by atoms with van der Waals surface area (Å²) >= 11 is 0. The van der Waals surface area contributed by atoms with E-state index < -0.39 is 0 Å². The molecule has 0 amide bonds. The fraction of sp³-hybridized carbons (Fsp3) is 0.286. The smallest absolute Gasteiger partial charge is 0.289 e. The van der Waals surface area contributed by atoms with E-state index in [1.807, 2.05) is 0 Å². The zero-order chi connectivity index (χ0) is 17.6. The number of hydrogen-bond acceptors (Lipinski definition) is 1. The molecule has 0 bridgehead atoms. The first kappa shape index (κ1) is 16.3. The van der Waals surface area contributed by atoms with Crippen molar-refractivity contribution in [1.29, 1.82) is 0 Å². The van der Waals surface area contributed by atoms with Crippen LogP contribution in [-0.4, -0.2) is 4.57 Å². The van der Waals surface area contributed by atoms with Crippen LogP contribution in [0.25, 0.3) is 11.4 Å². The molecular weight excluding hydrogens is 294 g/mol. The van der Waals surface area contributed by atoms with Crippen LogP contribution in [0.5, 0.6) is 0 Å². The highest BCUT2D eigenvalue weighted by Crippen LogP contribution is 2.24. The van der Waals surface area contributed by atoms with E-state index in [9.17, 15) is 0 Å². The highest BCUT2D eigenvalue weighted by molar-refractivity contribution is 5.52. The molecule has 1 aromatic heterocycles. The zero-order valence-corrected chi connectivity index (χ0v) is 15.4. The lowest BCUT2D eigenvalue weighted by Gasteiger charge is -2.12. The number of imidazole rings is 1. The predicted octanol–water partition coefficient (Wildman–Crippen LogP) is 4.19. The summed E-state index contributed by atoms with van der Waals surface area (Å²) in [5.74, 6) is 0.722. The zero-order valence-electron chi connectivity index (χ0n) is 15.4. The van der Waals surface area contributed by atoms with Crippen molar-refractivity contribution in [3.05, 3.63) is 70.0 Å². The van der Waals surface area contributed by atoms with Gasteiger partial charge in [0, 0.05) is 0 Å². The Labute approximate surface area is 144 Å². The second-order valence-electron chi connectivity index (χ2n) is 6.89. The maximum absolute atomic E-state index is 6.54. The number of nitrogens with two attached hydrogens (primary N) is 1. The van der Waals surface area contributed by atoms with Gasteiger partial charge in [0.2, 0.25) is 0 Å². The number of nitrogens with zero attached hydrogens (tertiary/aromatic N) is 2. The summed E-state index contributed by atoms with van der Waals surface area (Å²) in [6.45, 7) is 12.8. The predicted molar refractivity (Wildman–Crippen MR) is 100 cm³/mol. The van der Waals surface area contributed by atoms with E-state index in [0.717, 1.165) is 5.95 Å². The molecule has 0 aliphatic rings. The van der Waals surface area contributed by atoms with Gasteiger partial charge >= 0.3 is 5.95 Å². The van der Waals surface area contributed by atoms with Crippen molar-refractivity contribution in [1.82, 2.24) is 4.57 Å². The van der Waals surface area contributed by atoms with E-state index in [1.54, 1.807) is 0 Å². The lowest BCUT2D eigenvalue weighted by molar-refractivity contribution is -0.579. The van der Waals surface area contributed by atoms with Crippen molar-refractivity contribution in [2.45, 2.75) is 41.5 Å². The molecule has 0 aliphatic heterocycles. The summed E-state index contributed by atoms with van der Waals surface area (Å²) in [6.07, 6.45) is 4.11. The maximum Gasteiger partial charge on any atom is 0.365 e. The monoisotopic (exact) mass is 320 g/mol. The molecule has 124 valence electrons. The second kappa shape index (κ2) is 5.82. The van der Waals surface area contributed by atoms with Crippen LogP contribution >= 0.6 is 0 Å². The molecule has 2 N–H and O–H groups in total. The van der Waals surface area contributed by atoms with E-state index in [-0.39, 0.29) is 0 Å². The topological polar surface area (TPSA) is 34.8 Å². The van der Waals surface area contributed by atoms with Crippen molar-refractivity contribution < 1.29 is 4.57 Å². The lowest BCUT2D eigenvalue weighted by atomic mass is 10.0. The number of benzene rings is 2. The van der Waals surface area contributed by atoms with Crippen LogP contribution in [0.15, 0.2) is 36.7 Å². The van der Waals surface area contributed by atoms with Crippen LogP contribution in [-0.2, 0) is 0 Å². The molecule has 1 heterocycles. The number of nitrogen functional groups attached to an aromatic ring is 1. The molecule has 2 aromatic carbocycles.